The van der Waals surface area contributed by atoms with Crippen LogP contribution in [-0.2, 0) is 0 Å². The predicted molar refractivity (Wildman–Crippen MR) is 40.7 cm³/mol. The smallest absolute Gasteiger partial charge is 0.126 e. The summed E-state index contributed by atoms with van der Waals surface area (Å²) in [5.41, 5.74) is -0.672. The van der Waals surface area contributed by atoms with Gasteiger partial charge in [0.25, 0.3) is 0 Å². The van der Waals surface area contributed by atoms with Gasteiger partial charge in [0.1, 0.15) is 5.72 Å². The minimum Gasteiger partial charge on any atom is -0.375 e. The maximum Gasteiger partial charge on any atom is 0.126 e. The highest BCUT2D eigenvalue weighted by Gasteiger charge is 2.26. The van der Waals surface area contributed by atoms with Gasteiger partial charge in [-0.15, -0.1) is 0 Å². The van der Waals surface area contributed by atoms with Crippen molar-refractivity contribution in [1.29, 1.82) is 0 Å². The lowest BCUT2D eigenvalue weighted by Gasteiger charge is -2.37. The first-order valence-electron chi connectivity index (χ1n) is 3.84. The van der Waals surface area contributed by atoms with Crippen molar-refractivity contribution in [3.63, 3.8) is 0 Å². The molecule has 0 aromatic heterocycles. The Morgan fingerprint density at radius 3 is 2.80 bits per heavy atom. The SMILES string of the molecule is CCN1CCNC(C)(O)C1. The molecule has 1 saturated heterocycles. The van der Waals surface area contributed by atoms with Gasteiger partial charge in [-0.05, 0) is 13.5 Å². The summed E-state index contributed by atoms with van der Waals surface area (Å²) < 4.78 is 0. The van der Waals surface area contributed by atoms with Gasteiger partial charge in [0.2, 0.25) is 0 Å². The number of nitrogens with zero attached hydrogens (tertiary/aromatic N) is 1. The van der Waals surface area contributed by atoms with Crippen LogP contribution in [0.5, 0.6) is 0 Å². The summed E-state index contributed by atoms with van der Waals surface area (Å²) in [5, 5.41) is 12.6. The zero-order valence-electron chi connectivity index (χ0n) is 6.72. The van der Waals surface area contributed by atoms with Gasteiger partial charge in [0.15, 0.2) is 0 Å². The molecule has 0 saturated carbocycles. The third-order valence-corrected chi connectivity index (χ3v) is 1.91. The Labute approximate surface area is 62.0 Å². The molecule has 60 valence electrons. The fourth-order valence-corrected chi connectivity index (χ4v) is 1.32. The van der Waals surface area contributed by atoms with E-state index >= 15 is 0 Å². The molecule has 0 amide bonds. The Morgan fingerprint density at radius 1 is 1.70 bits per heavy atom. The van der Waals surface area contributed by atoms with Crippen molar-refractivity contribution in [2.24, 2.45) is 0 Å². The minimum atomic E-state index is -0.672. The van der Waals surface area contributed by atoms with Gasteiger partial charge in [-0.25, -0.2) is 0 Å². The molecule has 0 aliphatic carbocycles. The molecule has 3 nitrogen and oxygen atoms in total. The number of hydrogen-bond donors (Lipinski definition) is 2. The van der Waals surface area contributed by atoms with Crippen molar-refractivity contribution in [3.8, 4) is 0 Å². The van der Waals surface area contributed by atoms with E-state index in [1.807, 2.05) is 6.92 Å². The fraction of sp³-hybridized carbons (Fsp3) is 1.00. The summed E-state index contributed by atoms with van der Waals surface area (Å²) in [7, 11) is 0. The quantitative estimate of drug-likeness (QED) is 0.526. The Kier molecular flexibility index (Phi) is 2.28. The van der Waals surface area contributed by atoms with E-state index in [4.69, 9.17) is 0 Å². The second kappa shape index (κ2) is 2.86. The van der Waals surface area contributed by atoms with Crippen molar-refractivity contribution in [3.05, 3.63) is 0 Å². The van der Waals surface area contributed by atoms with Crippen molar-refractivity contribution in [2.45, 2.75) is 19.6 Å². The van der Waals surface area contributed by atoms with Crippen LogP contribution in [0.25, 0.3) is 0 Å². The Hall–Kier alpha value is -0.120. The number of β-amino-alcohol motifs (C(OH)–C–C–N with tert-alkyl or cyclic N) is 1. The molecule has 0 radical (unpaired) electrons. The first-order chi connectivity index (χ1) is 4.64. The van der Waals surface area contributed by atoms with Crippen molar-refractivity contribution >= 4 is 0 Å². The van der Waals surface area contributed by atoms with Gasteiger partial charge in [-0.2, -0.15) is 0 Å². The lowest BCUT2D eigenvalue weighted by molar-refractivity contribution is -0.0327. The molecule has 0 spiro atoms. The highest BCUT2D eigenvalue weighted by atomic mass is 16.3. The van der Waals surface area contributed by atoms with Crippen LogP contribution in [0.1, 0.15) is 13.8 Å². The normalized spacial score (nSPS) is 36.3. The molecule has 0 aromatic carbocycles. The summed E-state index contributed by atoms with van der Waals surface area (Å²) in [6, 6.07) is 0. The molecule has 0 bridgehead atoms. The van der Waals surface area contributed by atoms with E-state index in [9.17, 15) is 5.11 Å². The Balaban J connectivity index is 2.40. The molecule has 1 atom stereocenters. The number of rotatable bonds is 1. The largest absolute Gasteiger partial charge is 0.375 e. The van der Waals surface area contributed by atoms with Crippen LogP contribution in [0, 0.1) is 0 Å². The Morgan fingerprint density at radius 2 is 2.40 bits per heavy atom. The average Bonchev–Trinajstić information content (AvgIpc) is 1.86. The lowest BCUT2D eigenvalue weighted by atomic mass is 10.2. The molecule has 1 aliphatic heterocycles. The number of likely N-dealkylation sites (N-methyl/N-ethyl adjacent to an activating group) is 1. The lowest BCUT2D eigenvalue weighted by Crippen LogP contribution is -2.58. The summed E-state index contributed by atoms with van der Waals surface area (Å²) in [6.07, 6.45) is 0. The molecule has 0 aromatic rings. The van der Waals surface area contributed by atoms with Gasteiger partial charge >= 0.3 is 0 Å². The highest BCUT2D eigenvalue weighted by molar-refractivity contribution is 4.80. The predicted octanol–water partition coefficient (Wildman–Crippen LogP) is -0.380. The van der Waals surface area contributed by atoms with E-state index in [0.29, 0.717) is 0 Å². The van der Waals surface area contributed by atoms with E-state index in [2.05, 4.69) is 17.1 Å². The Bertz CT molecular complexity index is 114. The molecule has 10 heavy (non-hydrogen) atoms. The number of hydrogen-bond acceptors (Lipinski definition) is 3. The summed E-state index contributed by atoms with van der Waals surface area (Å²) >= 11 is 0. The number of nitrogens with one attached hydrogen (secondary N) is 1. The maximum atomic E-state index is 9.52. The monoisotopic (exact) mass is 144 g/mol. The molecule has 2 N–H and O–H groups in total. The molecule has 1 unspecified atom stereocenters. The minimum absolute atomic E-state index is 0.672. The number of piperazine rings is 1. The van der Waals surface area contributed by atoms with Crippen LogP contribution in [0.15, 0.2) is 0 Å². The third-order valence-electron chi connectivity index (χ3n) is 1.91. The van der Waals surface area contributed by atoms with E-state index in [-0.39, 0.29) is 0 Å². The van der Waals surface area contributed by atoms with Crippen molar-refractivity contribution < 1.29 is 5.11 Å². The molecule has 1 heterocycles. The first kappa shape index (κ1) is 7.98. The summed E-state index contributed by atoms with van der Waals surface area (Å²) in [6.45, 7) is 7.63. The maximum absolute atomic E-state index is 9.52. The summed E-state index contributed by atoms with van der Waals surface area (Å²) in [4.78, 5) is 2.23. The standard InChI is InChI=1S/C7H16N2O/c1-3-9-5-4-8-7(2,10)6-9/h8,10H,3-6H2,1-2H3. The van der Waals surface area contributed by atoms with E-state index in [1.165, 1.54) is 0 Å². The topological polar surface area (TPSA) is 35.5 Å². The summed E-state index contributed by atoms with van der Waals surface area (Å²) in [5.74, 6) is 0. The van der Waals surface area contributed by atoms with Crippen LogP contribution in [0.2, 0.25) is 0 Å². The third kappa shape index (κ3) is 1.94. The highest BCUT2D eigenvalue weighted by Crippen LogP contribution is 2.05. The van der Waals surface area contributed by atoms with E-state index < -0.39 is 5.72 Å². The molecular formula is C7H16N2O. The van der Waals surface area contributed by atoms with Gasteiger partial charge < -0.3 is 5.11 Å². The number of aliphatic hydroxyl groups is 1. The molecule has 1 fully saturated rings. The van der Waals surface area contributed by atoms with Crippen LogP contribution in [0.3, 0.4) is 0 Å². The molecule has 3 heteroatoms. The first-order valence-corrected chi connectivity index (χ1v) is 3.84. The van der Waals surface area contributed by atoms with E-state index in [0.717, 1.165) is 26.2 Å². The molecule has 1 rings (SSSR count). The fourth-order valence-electron chi connectivity index (χ4n) is 1.32. The van der Waals surface area contributed by atoms with Gasteiger partial charge in [-0.3, -0.25) is 10.2 Å². The van der Waals surface area contributed by atoms with Crippen LogP contribution >= 0.6 is 0 Å². The zero-order chi connectivity index (χ0) is 7.61. The van der Waals surface area contributed by atoms with Crippen LogP contribution in [0.4, 0.5) is 0 Å². The van der Waals surface area contributed by atoms with Gasteiger partial charge in [0.05, 0.1) is 0 Å². The molecular weight excluding hydrogens is 128 g/mol. The average molecular weight is 144 g/mol. The van der Waals surface area contributed by atoms with Gasteiger partial charge in [0, 0.05) is 19.6 Å². The second-order valence-electron chi connectivity index (χ2n) is 3.07. The van der Waals surface area contributed by atoms with Crippen LogP contribution < -0.4 is 5.32 Å². The van der Waals surface area contributed by atoms with Gasteiger partial charge in [-0.1, -0.05) is 6.92 Å². The van der Waals surface area contributed by atoms with E-state index in [1.54, 1.807) is 0 Å². The molecule has 1 aliphatic rings. The zero-order valence-corrected chi connectivity index (χ0v) is 6.72. The van der Waals surface area contributed by atoms with Crippen LogP contribution in [-0.4, -0.2) is 41.9 Å². The second-order valence-corrected chi connectivity index (χ2v) is 3.07. The van der Waals surface area contributed by atoms with Crippen molar-refractivity contribution in [2.75, 3.05) is 26.2 Å². The van der Waals surface area contributed by atoms with Crippen molar-refractivity contribution in [1.82, 2.24) is 10.2 Å².